The van der Waals surface area contributed by atoms with Crippen molar-refractivity contribution in [2.45, 2.75) is 37.3 Å². The maximum absolute atomic E-state index is 13.5. The fourth-order valence-electron chi connectivity index (χ4n) is 3.54. The summed E-state index contributed by atoms with van der Waals surface area (Å²) in [6, 6.07) is 24.3. The molecule has 5 nitrogen and oxygen atoms in total. The highest BCUT2D eigenvalue weighted by Gasteiger charge is 2.28. The van der Waals surface area contributed by atoms with E-state index >= 15 is 0 Å². The van der Waals surface area contributed by atoms with Gasteiger partial charge in [0.15, 0.2) is 0 Å². The summed E-state index contributed by atoms with van der Waals surface area (Å²) in [5.41, 5.74) is 3.67. The highest BCUT2D eigenvalue weighted by molar-refractivity contribution is 7.98. The summed E-state index contributed by atoms with van der Waals surface area (Å²) >= 11 is 1.82. The number of sulfonamides is 1. The minimum Gasteiger partial charge on any atom is -0.354 e. The first-order valence-electron chi connectivity index (χ1n) is 11.5. The highest BCUT2D eigenvalue weighted by atomic mass is 32.2. The molecule has 3 aromatic carbocycles. The van der Waals surface area contributed by atoms with Crippen LogP contribution >= 0.6 is 11.8 Å². The fourth-order valence-corrected chi connectivity index (χ4v) is 5.92. The topological polar surface area (TPSA) is 66.5 Å². The van der Waals surface area contributed by atoms with Crippen molar-refractivity contribution in [3.8, 4) is 0 Å². The van der Waals surface area contributed by atoms with Crippen molar-refractivity contribution in [2.24, 2.45) is 0 Å². The van der Waals surface area contributed by atoms with Gasteiger partial charge in [0.25, 0.3) is 10.0 Å². The maximum atomic E-state index is 13.5. The molecular formula is C27H32N2O3S2. The zero-order valence-corrected chi connectivity index (χ0v) is 21.4. The molecule has 0 aliphatic heterocycles. The van der Waals surface area contributed by atoms with Gasteiger partial charge in [-0.05, 0) is 54.8 Å². The van der Waals surface area contributed by atoms with E-state index in [4.69, 9.17) is 0 Å². The minimum atomic E-state index is -3.90. The Bertz CT molecular complexity index is 1160. The van der Waals surface area contributed by atoms with E-state index in [0.29, 0.717) is 18.7 Å². The largest absolute Gasteiger partial charge is 0.354 e. The second kappa shape index (κ2) is 12.6. The van der Waals surface area contributed by atoms with E-state index in [1.54, 1.807) is 36.4 Å². The molecule has 0 saturated carbocycles. The lowest BCUT2D eigenvalue weighted by molar-refractivity contribution is -0.119. The van der Waals surface area contributed by atoms with Crippen LogP contribution in [-0.2, 0) is 27.0 Å². The molecule has 7 heteroatoms. The molecular weight excluding hydrogens is 464 g/mol. The van der Waals surface area contributed by atoms with Crippen LogP contribution in [0, 0.1) is 6.92 Å². The van der Waals surface area contributed by atoms with Crippen molar-refractivity contribution >= 4 is 33.4 Å². The van der Waals surface area contributed by atoms with Gasteiger partial charge in [-0.15, -0.1) is 0 Å². The molecule has 1 N–H and O–H groups in total. The molecule has 180 valence electrons. The van der Waals surface area contributed by atoms with E-state index in [2.05, 4.69) is 17.4 Å². The quantitative estimate of drug-likeness (QED) is 0.350. The second-order valence-electron chi connectivity index (χ2n) is 8.05. The third kappa shape index (κ3) is 7.11. The van der Waals surface area contributed by atoms with Gasteiger partial charge in [0.1, 0.15) is 6.54 Å². The van der Waals surface area contributed by atoms with Gasteiger partial charge in [-0.3, -0.25) is 9.10 Å². The number of rotatable bonds is 12. The van der Waals surface area contributed by atoms with Crippen LogP contribution in [0.15, 0.2) is 83.8 Å². The molecule has 0 aromatic heterocycles. The van der Waals surface area contributed by atoms with Crippen molar-refractivity contribution in [1.29, 1.82) is 0 Å². The summed E-state index contributed by atoms with van der Waals surface area (Å²) in [5, 5.41) is 2.89. The zero-order chi connectivity index (χ0) is 24.4. The number of nitrogens with zero attached hydrogens (tertiary/aromatic N) is 1. The average Bonchev–Trinajstić information content (AvgIpc) is 2.85. The predicted molar refractivity (Wildman–Crippen MR) is 142 cm³/mol. The summed E-state index contributed by atoms with van der Waals surface area (Å²) in [6.45, 7) is 4.13. The smallest absolute Gasteiger partial charge is 0.264 e. The lowest BCUT2D eigenvalue weighted by Gasteiger charge is -2.26. The summed E-state index contributed by atoms with van der Waals surface area (Å²) in [4.78, 5) is 13.0. The number of aryl methyl sites for hydroxylation is 2. The molecule has 0 fully saturated rings. The molecule has 0 saturated heterocycles. The third-order valence-corrected chi connectivity index (χ3v) is 8.33. The van der Waals surface area contributed by atoms with Crippen LogP contribution < -0.4 is 9.62 Å². The second-order valence-corrected chi connectivity index (χ2v) is 11.0. The number of hydrogen-bond acceptors (Lipinski definition) is 4. The molecule has 0 radical (unpaired) electrons. The lowest BCUT2D eigenvalue weighted by atomic mass is 10.1. The molecule has 0 heterocycles. The first kappa shape index (κ1) is 25.8. The number of thioether (sulfide) groups is 1. The van der Waals surface area contributed by atoms with Gasteiger partial charge in [0.2, 0.25) is 5.91 Å². The molecule has 34 heavy (non-hydrogen) atoms. The molecule has 0 bridgehead atoms. The van der Waals surface area contributed by atoms with Gasteiger partial charge in [-0.1, -0.05) is 73.2 Å². The van der Waals surface area contributed by atoms with Crippen LogP contribution in [0.25, 0.3) is 0 Å². The monoisotopic (exact) mass is 496 g/mol. The van der Waals surface area contributed by atoms with Gasteiger partial charge in [-0.25, -0.2) is 8.42 Å². The summed E-state index contributed by atoms with van der Waals surface area (Å²) in [6.07, 6.45) is 1.48. The normalized spacial score (nSPS) is 11.2. The molecule has 0 aliphatic rings. The number of anilines is 1. The molecule has 0 atom stereocenters. The van der Waals surface area contributed by atoms with E-state index in [1.807, 2.05) is 55.9 Å². The number of hydrogen-bond donors (Lipinski definition) is 1. The predicted octanol–water partition coefficient (Wildman–Crippen LogP) is 5.19. The van der Waals surface area contributed by atoms with Crippen LogP contribution in [0.4, 0.5) is 5.69 Å². The highest BCUT2D eigenvalue weighted by Crippen LogP contribution is 2.27. The lowest BCUT2D eigenvalue weighted by Crippen LogP contribution is -2.41. The average molecular weight is 497 g/mol. The first-order chi connectivity index (χ1) is 16.4. The molecule has 1 amide bonds. The summed E-state index contributed by atoms with van der Waals surface area (Å²) < 4.78 is 28.3. The fraction of sp³-hybridized carbons (Fsp3) is 0.296. The van der Waals surface area contributed by atoms with Gasteiger partial charge >= 0.3 is 0 Å². The Morgan fingerprint density at radius 3 is 2.32 bits per heavy atom. The number of nitrogens with one attached hydrogen (secondary N) is 1. The first-order valence-corrected chi connectivity index (χ1v) is 14.1. The van der Waals surface area contributed by atoms with Gasteiger partial charge in [0.05, 0.1) is 10.6 Å². The van der Waals surface area contributed by atoms with Crippen molar-refractivity contribution in [1.82, 2.24) is 5.32 Å². The van der Waals surface area contributed by atoms with Gasteiger partial charge < -0.3 is 5.32 Å². The molecule has 0 aliphatic carbocycles. The van der Waals surface area contributed by atoms with Crippen LogP contribution in [0.3, 0.4) is 0 Å². The molecule has 3 rings (SSSR count). The minimum absolute atomic E-state index is 0.175. The van der Waals surface area contributed by atoms with E-state index in [1.165, 1.54) is 9.87 Å². The Hall–Kier alpha value is -2.77. The number of amides is 1. The van der Waals surface area contributed by atoms with Crippen LogP contribution in [0.5, 0.6) is 0 Å². The molecule has 0 unspecified atom stereocenters. The van der Waals surface area contributed by atoms with Crippen molar-refractivity contribution in [3.63, 3.8) is 0 Å². The summed E-state index contributed by atoms with van der Waals surface area (Å²) in [5.74, 6) is 1.54. The Balaban J connectivity index is 1.64. The SMILES string of the molecule is CCc1ccccc1N(CC(=O)NCCCSCc1ccccc1)S(=O)(=O)c1ccc(C)cc1. The third-order valence-electron chi connectivity index (χ3n) is 5.44. The van der Waals surface area contributed by atoms with E-state index in [0.717, 1.165) is 29.1 Å². The molecule has 0 spiro atoms. The van der Waals surface area contributed by atoms with Gasteiger partial charge in [0, 0.05) is 12.3 Å². The van der Waals surface area contributed by atoms with Crippen LogP contribution in [-0.4, -0.2) is 33.2 Å². The van der Waals surface area contributed by atoms with E-state index in [9.17, 15) is 13.2 Å². The standard InChI is InChI=1S/C27H32N2O3S2/c1-3-24-12-7-8-13-26(24)29(34(31,32)25-16-14-22(2)15-17-25)20-27(30)28-18-9-19-33-21-23-10-5-4-6-11-23/h4-8,10-17H,3,9,18-21H2,1-2H3,(H,28,30). The van der Waals surface area contributed by atoms with Crippen LogP contribution in [0.1, 0.15) is 30.0 Å². The Morgan fingerprint density at radius 1 is 0.941 bits per heavy atom. The van der Waals surface area contributed by atoms with E-state index < -0.39 is 10.0 Å². The summed E-state index contributed by atoms with van der Waals surface area (Å²) in [7, 11) is -3.90. The van der Waals surface area contributed by atoms with Gasteiger partial charge in [-0.2, -0.15) is 11.8 Å². The molecule has 3 aromatic rings. The van der Waals surface area contributed by atoms with E-state index in [-0.39, 0.29) is 17.3 Å². The van der Waals surface area contributed by atoms with Crippen molar-refractivity contribution < 1.29 is 13.2 Å². The van der Waals surface area contributed by atoms with Crippen molar-refractivity contribution in [3.05, 3.63) is 95.6 Å². The Labute approximate surface area is 207 Å². The Morgan fingerprint density at radius 2 is 1.62 bits per heavy atom. The number of para-hydroxylation sites is 1. The van der Waals surface area contributed by atoms with Crippen molar-refractivity contribution in [2.75, 3.05) is 23.1 Å². The zero-order valence-electron chi connectivity index (χ0n) is 19.7. The number of carbonyl (C=O) groups is 1. The maximum Gasteiger partial charge on any atom is 0.264 e. The van der Waals surface area contributed by atoms with Crippen LogP contribution in [0.2, 0.25) is 0 Å². The number of benzene rings is 3. The Kier molecular flexibility index (Phi) is 9.60. The number of carbonyl (C=O) groups excluding carboxylic acids is 1.